The maximum atomic E-state index is 13.6. The molecule has 5 nitrogen and oxygen atoms in total. The molecule has 29 heavy (non-hydrogen) atoms. The normalized spacial score (nSPS) is 11.6. The van der Waals surface area contributed by atoms with E-state index in [1.165, 1.54) is 30.6 Å². The fourth-order valence-corrected chi connectivity index (χ4v) is 3.00. The zero-order valence-corrected chi connectivity index (χ0v) is 15.1. The number of nitrogens with one attached hydrogen (secondary N) is 1. The highest BCUT2D eigenvalue weighted by Crippen LogP contribution is 2.42. The molecular formula is C19H10ClF4N3O2. The zero-order chi connectivity index (χ0) is 20.6. The van der Waals surface area contributed by atoms with Crippen LogP contribution in [-0.2, 0) is 0 Å². The van der Waals surface area contributed by atoms with E-state index < -0.39 is 18.1 Å². The van der Waals surface area contributed by atoms with Crippen LogP contribution in [0.5, 0.6) is 17.2 Å². The molecule has 0 radical (unpaired) electrons. The summed E-state index contributed by atoms with van der Waals surface area (Å²) in [5, 5.41) is 7.97. The van der Waals surface area contributed by atoms with E-state index in [1.54, 1.807) is 12.1 Å². The van der Waals surface area contributed by atoms with Crippen molar-refractivity contribution in [1.29, 1.82) is 0 Å². The Morgan fingerprint density at radius 1 is 1.00 bits per heavy atom. The van der Waals surface area contributed by atoms with Crippen LogP contribution in [0, 0.1) is 5.95 Å². The lowest BCUT2D eigenvalue weighted by Gasteiger charge is -2.15. The number of nitrogens with zero attached hydrogens (tertiary/aromatic N) is 2. The molecule has 0 amide bonds. The molecule has 2 aromatic heterocycles. The van der Waals surface area contributed by atoms with E-state index in [9.17, 15) is 17.6 Å². The molecule has 1 N–H and O–H groups in total. The van der Waals surface area contributed by atoms with Gasteiger partial charge in [-0.1, -0.05) is 11.6 Å². The van der Waals surface area contributed by atoms with Crippen LogP contribution < -0.4 is 9.47 Å². The standard InChI is InChI=1S/C19H10ClF4N3O2/c20-14-2-3-15-13(8-17(21)27-15)18(14)28-16-4-1-11(29-19(22,23)24)7-12(16)10-5-6-25-26-9-10/h1-9,27H. The Labute approximate surface area is 165 Å². The number of H-pyrrole nitrogens is 1. The minimum Gasteiger partial charge on any atom is -0.454 e. The van der Waals surface area contributed by atoms with E-state index in [-0.39, 0.29) is 22.1 Å². The molecule has 4 rings (SSSR count). The first-order chi connectivity index (χ1) is 13.8. The molecule has 10 heteroatoms. The van der Waals surface area contributed by atoms with Crippen molar-refractivity contribution in [2.24, 2.45) is 0 Å². The molecule has 2 heterocycles. The lowest BCUT2D eigenvalue weighted by atomic mass is 10.1. The highest BCUT2D eigenvalue weighted by atomic mass is 35.5. The molecule has 0 aliphatic heterocycles. The van der Waals surface area contributed by atoms with Gasteiger partial charge in [-0.05, 0) is 36.4 Å². The minimum absolute atomic E-state index is 0.150. The molecule has 0 unspecified atom stereocenters. The number of rotatable bonds is 4. The molecule has 0 atom stereocenters. The quantitative estimate of drug-likeness (QED) is 0.402. The van der Waals surface area contributed by atoms with Crippen molar-refractivity contribution in [2.75, 3.05) is 0 Å². The van der Waals surface area contributed by atoms with Crippen molar-refractivity contribution >= 4 is 22.5 Å². The first-order valence-corrected chi connectivity index (χ1v) is 8.49. The zero-order valence-electron chi connectivity index (χ0n) is 14.3. The molecule has 4 aromatic rings. The van der Waals surface area contributed by atoms with E-state index in [0.29, 0.717) is 16.5 Å². The number of benzene rings is 2. The van der Waals surface area contributed by atoms with Crippen LogP contribution in [0.2, 0.25) is 5.02 Å². The summed E-state index contributed by atoms with van der Waals surface area (Å²) in [5.74, 6) is -0.700. The second-order valence-electron chi connectivity index (χ2n) is 5.89. The van der Waals surface area contributed by atoms with Crippen molar-refractivity contribution in [3.05, 3.63) is 65.8 Å². The summed E-state index contributed by atoms with van der Waals surface area (Å²) in [7, 11) is 0. The van der Waals surface area contributed by atoms with Crippen molar-refractivity contribution in [2.45, 2.75) is 6.36 Å². The fraction of sp³-hybridized carbons (Fsp3) is 0.0526. The van der Waals surface area contributed by atoms with Crippen molar-refractivity contribution in [1.82, 2.24) is 15.2 Å². The van der Waals surface area contributed by atoms with Crippen molar-refractivity contribution < 1.29 is 27.0 Å². The summed E-state index contributed by atoms with van der Waals surface area (Å²) in [5.41, 5.74) is 1.14. The van der Waals surface area contributed by atoms with Gasteiger partial charge < -0.3 is 14.5 Å². The third-order valence-electron chi connectivity index (χ3n) is 3.97. The summed E-state index contributed by atoms with van der Waals surface area (Å²) in [6.07, 6.45) is -2.11. The van der Waals surface area contributed by atoms with Gasteiger partial charge in [0.15, 0.2) is 11.7 Å². The van der Waals surface area contributed by atoms with Crippen LogP contribution in [0.1, 0.15) is 0 Å². The Kier molecular flexibility index (Phi) is 4.75. The molecule has 148 valence electrons. The third kappa shape index (κ3) is 4.09. The summed E-state index contributed by atoms with van der Waals surface area (Å²) < 4.78 is 61.4. The number of hydrogen-bond donors (Lipinski definition) is 1. The predicted octanol–water partition coefficient (Wildman–Crippen LogP) is 6.11. The number of aromatic nitrogens is 3. The Bertz CT molecular complexity index is 1180. The van der Waals surface area contributed by atoms with Crippen molar-refractivity contribution in [3.63, 3.8) is 0 Å². The number of alkyl halides is 3. The van der Waals surface area contributed by atoms with Gasteiger partial charge in [-0.15, -0.1) is 13.2 Å². The van der Waals surface area contributed by atoms with Gasteiger partial charge in [0.1, 0.15) is 11.5 Å². The van der Waals surface area contributed by atoms with Gasteiger partial charge in [0.2, 0.25) is 0 Å². The van der Waals surface area contributed by atoms with E-state index in [1.807, 2.05) is 0 Å². The van der Waals surface area contributed by atoms with Crippen LogP contribution in [0.15, 0.2) is 54.9 Å². The number of ether oxygens (including phenoxy) is 2. The van der Waals surface area contributed by atoms with Gasteiger partial charge >= 0.3 is 6.36 Å². The molecule has 2 aromatic carbocycles. The minimum atomic E-state index is -4.85. The number of halogens is 5. The third-order valence-corrected chi connectivity index (χ3v) is 4.26. The fourth-order valence-electron chi connectivity index (χ4n) is 2.80. The highest BCUT2D eigenvalue weighted by molar-refractivity contribution is 6.33. The Morgan fingerprint density at radius 3 is 2.55 bits per heavy atom. The topological polar surface area (TPSA) is 60.0 Å². The Morgan fingerprint density at radius 2 is 1.83 bits per heavy atom. The first-order valence-electron chi connectivity index (χ1n) is 8.11. The molecule has 0 aliphatic carbocycles. The average Bonchev–Trinajstić information content (AvgIpc) is 3.05. The number of fused-ring (bicyclic) bond motifs is 1. The van der Waals surface area contributed by atoms with Gasteiger partial charge in [-0.25, -0.2) is 0 Å². The van der Waals surface area contributed by atoms with Crippen LogP contribution in [0.25, 0.3) is 22.0 Å². The molecule has 0 aliphatic rings. The van der Waals surface area contributed by atoms with Crippen LogP contribution in [0.4, 0.5) is 17.6 Å². The van der Waals surface area contributed by atoms with Gasteiger partial charge in [0.25, 0.3) is 0 Å². The Hall–Kier alpha value is -3.33. The maximum Gasteiger partial charge on any atom is 0.573 e. The summed E-state index contributed by atoms with van der Waals surface area (Å²) in [6, 6.07) is 9.43. The monoisotopic (exact) mass is 423 g/mol. The van der Waals surface area contributed by atoms with E-state index in [0.717, 1.165) is 12.1 Å². The van der Waals surface area contributed by atoms with Gasteiger partial charge in [-0.2, -0.15) is 14.6 Å². The number of aromatic amines is 1. The Balaban J connectivity index is 1.83. The van der Waals surface area contributed by atoms with Crippen LogP contribution in [-0.4, -0.2) is 21.5 Å². The van der Waals surface area contributed by atoms with Crippen molar-refractivity contribution in [3.8, 4) is 28.4 Å². The summed E-state index contributed by atoms with van der Waals surface area (Å²) in [6.45, 7) is 0. The molecule has 0 bridgehead atoms. The molecule has 0 fully saturated rings. The maximum absolute atomic E-state index is 13.6. The summed E-state index contributed by atoms with van der Waals surface area (Å²) in [4.78, 5) is 2.52. The predicted molar refractivity (Wildman–Crippen MR) is 97.5 cm³/mol. The highest BCUT2D eigenvalue weighted by Gasteiger charge is 2.31. The number of hydrogen-bond acceptors (Lipinski definition) is 4. The molecule has 0 spiro atoms. The van der Waals surface area contributed by atoms with Crippen LogP contribution >= 0.6 is 11.6 Å². The lowest BCUT2D eigenvalue weighted by Crippen LogP contribution is -2.17. The SMILES string of the molecule is Fc1cc2c(Oc3ccc(OC(F)(F)F)cc3-c3ccnnc3)c(Cl)ccc2[nH]1. The van der Waals surface area contributed by atoms with E-state index in [4.69, 9.17) is 16.3 Å². The first kappa shape index (κ1) is 19.0. The molecule has 0 saturated carbocycles. The van der Waals surface area contributed by atoms with E-state index >= 15 is 0 Å². The molecule has 0 saturated heterocycles. The van der Waals surface area contributed by atoms with Gasteiger partial charge in [-0.3, -0.25) is 0 Å². The second-order valence-corrected chi connectivity index (χ2v) is 6.30. The lowest BCUT2D eigenvalue weighted by molar-refractivity contribution is -0.274. The smallest absolute Gasteiger partial charge is 0.454 e. The summed E-state index contributed by atoms with van der Waals surface area (Å²) >= 11 is 6.22. The largest absolute Gasteiger partial charge is 0.573 e. The molecular weight excluding hydrogens is 414 g/mol. The second kappa shape index (κ2) is 7.25. The van der Waals surface area contributed by atoms with Gasteiger partial charge in [0.05, 0.1) is 22.9 Å². The van der Waals surface area contributed by atoms with E-state index in [2.05, 4.69) is 19.9 Å². The van der Waals surface area contributed by atoms with Gasteiger partial charge in [0, 0.05) is 22.6 Å². The average molecular weight is 424 g/mol. The van der Waals surface area contributed by atoms with Crippen LogP contribution in [0.3, 0.4) is 0 Å².